The highest BCUT2D eigenvalue weighted by atomic mass is 35.5. The number of ether oxygens (including phenoxy) is 1. The lowest BCUT2D eigenvalue weighted by molar-refractivity contribution is 0.327. The first-order valence-corrected chi connectivity index (χ1v) is 5.67. The average Bonchev–Trinajstić information content (AvgIpc) is 2.20. The molecule has 1 aromatic heterocycles. The van der Waals surface area contributed by atoms with Crippen molar-refractivity contribution in [2.24, 2.45) is 0 Å². The van der Waals surface area contributed by atoms with E-state index in [2.05, 4.69) is 17.2 Å². The van der Waals surface area contributed by atoms with Crippen LogP contribution in [-0.4, -0.2) is 18.1 Å². The number of anilines is 1. The lowest BCUT2D eigenvalue weighted by Crippen LogP contribution is -2.04. The van der Waals surface area contributed by atoms with Crippen molar-refractivity contribution in [1.29, 1.82) is 0 Å². The standard InChI is InChI=1S/C10H14Cl2N2O/c1-3-5-13-9-7(11)6-8(12)10(14-9)15-4-2/h6H,3-5H2,1-2H3,(H,13,14). The molecule has 0 bridgehead atoms. The molecule has 84 valence electrons. The zero-order valence-electron chi connectivity index (χ0n) is 8.81. The third-order valence-electron chi connectivity index (χ3n) is 1.72. The number of nitrogens with zero attached hydrogens (tertiary/aromatic N) is 1. The van der Waals surface area contributed by atoms with Gasteiger partial charge in [0.1, 0.15) is 10.8 Å². The van der Waals surface area contributed by atoms with Gasteiger partial charge < -0.3 is 10.1 Å². The van der Waals surface area contributed by atoms with Crippen molar-refractivity contribution in [3.63, 3.8) is 0 Å². The second-order valence-electron chi connectivity index (χ2n) is 2.97. The summed E-state index contributed by atoms with van der Waals surface area (Å²) in [5.41, 5.74) is 0. The van der Waals surface area contributed by atoms with Crippen molar-refractivity contribution in [3.05, 3.63) is 16.1 Å². The molecule has 15 heavy (non-hydrogen) atoms. The molecule has 3 nitrogen and oxygen atoms in total. The summed E-state index contributed by atoms with van der Waals surface area (Å²) in [5.74, 6) is 1.04. The molecule has 0 unspecified atom stereocenters. The maximum atomic E-state index is 5.97. The van der Waals surface area contributed by atoms with E-state index in [1.54, 1.807) is 6.07 Å². The van der Waals surface area contributed by atoms with Gasteiger partial charge in [0.2, 0.25) is 5.88 Å². The third-order valence-corrected chi connectivity index (χ3v) is 2.28. The van der Waals surface area contributed by atoms with E-state index in [0.29, 0.717) is 28.3 Å². The van der Waals surface area contributed by atoms with Gasteiger partial charge in [-0.25, -0.2) is 0 Å². The zero-order valence-corrected chi connectivity index (χ0v) is 10.3. The normalized spacial score (nSPS) is 10.1. The van der Waals surface area contributed by atoms with E-state index in [1.807, 2.05) is 6.92 Å². The van der Waals surface area contributed by atoms with Crippen molar-refractivity contribution in [2.75, 3.05) is 18.5 Å². The van der Waals surface area contributed by atoms with Gasteiger partial charge in [-0.05, 0) is 19.4 Å². The second kappa shape index (κ2) is 6.03. The lowest BCUT2D eigenvalue weighted by atomic mass is 10.4. The highest BCUT2D eigenvalue weighted by molar-refractivity contribution is 6.36. The minimum atomic E-state index is 0.419. The first kappa shape index (κ1) is 12.4. The number of hydrogen-bond acceptors (Lipinski definition) is 3. The molecular formula is C10H14Cl2N2O. The van der Waals surface area contributed by atoms with Crippen molar-refractivity contribution < 1.29 is 4.74 Å². The first-order valence-electron chi connectivity index (χ1n) is 4.91. The van der Waals surface area contributed by atoms with Crippen LogP contribution in [0.25, 0.3) is 0 Å². The molecule has 5 heteroatoms. The van der Waals surface area contributed by atoms with Gasteiger partial charge in [0.15, 0.2) is 0 Å². The predicted molar refractivity (Wildman–Crippen MR) is 64.2 cm³/mol. The van der Waals surface area contributed by atoms with Crippen LogP contribution < -0.4 is 10.1 Å². The van der Waals surface area contributed by atoms with Crippen molar-refractivity contribution in [3.8, 4) is 5.88 Å². The van der Waals surface area contributed by atoms with Gasteiger partial charge in [-0.1, -0.05) is 30.1 Å². The molecule has 0 aliphatic rings. The Labute approximate surface area is 99.7 Å². The smallest absolute Gasteiger partial charge is 0.234 e. The fourth-order valence-electron chi connectivity index (χ4n) is 1.06. The largest absolute Gasteiger partial charge is 0.477 e. The van der Waals surface area contributed by atoms with Crippen LogP contribution in [0.5, 0.6) is 5.88 Å². The SMILES string of the molecule is CCCNc1nc(OCC)c(Cl)cc1Cl. The highest BCUT2D eigenvalue weighted by Crippen LogP contribution is 2.30. The summed E-state index contributed by atoms with van der Waals surface area (Å²) in [7, 11) is 0. The van der Waals surface area contributed by atoms with E-state index in [0.717, 1.165) is 13.0 Å². The fraction of sp³-hybridized carbons (Fsp3) is 0.500. The Kier molecular flexibility index (Phi) is 4.99. The maximum absolute atomic E-state index is 5.97. The Morgan fingerprint density at radius 2 is 2.07 bits per heavy atom. The molecule has 0 aliphatic carbocycles. The Balaban J connectivity index is 2.90. The van der Waals surface area contributed by atoms with Crippen LogP contribution in [0.3, 0.4) is 0 Å². The number of pyridine rings is 1. The highest BCUT2D eigenvalue weighted by Gasteiger charge is 2.09. The summed E-state index contributed by atoms with van der Waals surface area (Å²) < 4.78 is 5.27. The maximum Gasteiger partial charge on any atom is 0.234 e. The van der Waals surface area contributed by atoms with E-state index in [-0.39, 0.29) is 0 Å². The van der Waals surface area contributed by atoms with Crippen LogP contribution in [-0.2, 0) is 0 Å². The van der Waals surface area contributed by atoms with Gasteiger partial charge in [0.05, 0.1) is 11.6 Å². The Morgan fingerprint density at radius 1 is 1.33 bits per heavy atom. The molecule has 0 saturated heterocycles. The van der Waals surface area contributed by atoms with Gasteiger partial charge in [0.25, 0.3) is 0 Å². The van der Waals surface area contributed by atoms with Crippen LogP contribution in [0, 0.1) is 0 Å². The molecule has 0 radical (unpaired) electrons. The summed E-state index contributed by atoms with van der Waals surface area (Å²) >= 11 is 11.9. The number of halogens is 2. The van der Waals surface area contributed by atoms with Crippen LogP contribution in [0.1, 0.15) is 20.3 Å². The van der Waals surface area contributed by atoms with Crippen molar-refractivity contribution >= 4 is 29.0 Å². The quantitative estimate of drug-likeness (QED) is 0.865. The molecule has 0 aromatic carbocycles. The molecule has 1 rings (SSSR count). The molecule has 1 aromatic rings. The van der Waals surface area contributed by atoms with E-state index in [9.17, 15) is 0 Å². The van der Waals surface area contributed by atoms with Gasteiger partial charge >= 0.3 is 0 Å². The van der Waals surface area contributed by atoms with Gasteiger partial charge in [-0.15, -0.1) is 0 Å². The van der Waals surface area contributed by atoms with E-state index in [1.165, 1.54) is 0 Å². The molecule has 0 saturated carbocycles. The summed E-state index contributed by atoms with van der Waals surface area (Å²) in [4.78, 5) is 4.20. The number of aromatic nitrogens is 1. The monoisotopic (exact) mass is 248 g/mol. The summed E-state index contributed by atoms with van der Waals surface area (Å²) in [6.45, 7) is 5.30. The molecule has 0 amide bonds. The second-order valence-corrected chi connectivity index (χ2v) is 3.78. The van der Waals surface area contributed by atoms with Gasteiger partial charge in [-0.2, -0.15) is 4.98 Å². The van der Waals surface area contributed by atoms with E-state index >= 15 is 0 Å². The van der Waals surface area contributed by atoms with Crippen molar-refractivity contribution in [2.45, 2.75) is 20.3 Å². The first-order chi connectivity index (χ1) is 7.19. The van der Waals surface area contributed by atoms with E-state index < -0.39 is 0 Å². The van der Waals surface area contributed by atoms with Crippen molar-refractivity contribution in [1.82, 2.24) is 4.98 Å². The van der Waals surface area contributed by atoms with Gasteiger partial charge in [0, 0.05) is 6.54 Å². The number of rotatable bonds is 5. The molecule has 0 atom stereocenters. The molecule has 1 heterocycles. The lowest BCUT2D eigenvalue weighted by Gasteiger charge is -2.10. The number of hydrogen-bond donors (Lipinski definition) is 1. The minimum Gasteiger partial charge on any atom is -0.477 e. The Hall–Kier alpha value is -0.670. The zero-order chi connectivity index (χ0) is 11.3. The Bertz CT molecular complexity index is 331. The molecule has 0 aliphatic heterocycles. The number of nitrogens with one attached hydrogen (secondary N) is 1. The summed E-state index contributed by atoms with van der Waals surface area (Å²) in [6, 6.07) is 1.64. The topological polar surface area (TPSA) is 34.2 Å². The average molecular weight is 249 g/mol. The molecule has 0 fully saturated rings. The third kappa shape index (κ3) is 3.43. The van der Waals surface area contributed by atoms with Crippen LogP contribution >= 0.6 is 23.2 Å². The van der Waals surface area contributed by atoms with Crippen LogP contribution in [0.15, 0.2) is 6.07 Å². The van der Waals surface area contributed by atoms with E-state index in [4.69, 9.17) is 27.9 Å². The Morgan fingerprint density at radius 3 is 2.67 bits per heavy atom. The molecule has 0 spiro atoms. The fourth-order valence-corrected chi connectivity index (χ4v) is 1.53. The molecular weight excluding hydrogens is 235 g/mol. The summed E-state index contributed by atoms with van der Waals surface area (Å²) in [6.07, 6.45) is 1.00. The predicted octanol–water partition coefficient (Wildman–Crippen LogP) is 3.61. The molecule has 1 N–H and O–H groups in total. The minimum absolute atomic E-state index is 0.419. The van der Waals surface area contributed by atoms with Crippen LogP contribution in [0.2, 0.25) is 10.0 Å². The summed E-state index contributed by atoms with van der Waals surface area (Å²) in [5, 5.41) is 4.05. The van der Waals surface area contributed by atoms with Crippen LogP contribution in [0.4, 0.5) is 5.82 Å². The van der Waals surface area contributed by atoms with Gasteiger partial charge in [-0.3, -0.25) is 0 Å².